The SMILES string of the molecule is Brc1ccc(CCC2CC/C=C\CCC2)cc1. The van der Waals surface area contributed by atoms with Crippen LogP contribution in [0.5, 0.6) is 0 Å². The van der Waals surface area contributed by atoms with Gasteiger partial charge in [-0.15, -0.1) is 0 Å². The van der Waals surface area contributed by atoms with Gasteiger partial charge in [-0.05, 0) is 62.1 Å². The summed E-state index contributed by atoms with van der Waals surface area (Å²) in [5, 5.41) is 0. The molecule has 0 aromatic heterocycles. The maximum Gasteiger partial charge on any atom is 0.0175 e. The highest BCUT2D eigenvalue weighted by atomic mass is 79.9. The van der Waals surface area contributed by atoms with Crippen LogP contribution in [0.2, 0.25) is 0 Å². The Balaban J connectivity index is 1.80. The van der Waals surface area contributed by atoms with Crippen molar-refractivity contribution in [1.29, 1.82) is 0 Å². The third-order valence-corrected chi connectivity index (χ3v) is 4.17. The molecule has 1 aliphatic carbocycles. The van der Waals surface area contributed by atoms with Crippen LogP contribution in [0.15, 0.2) is 40.9 Å². The van der Waals surface area contributed by atoms with Crippen molar-refractivity contribution in [2.75, 3.05) is 0 Å². The summed E-state index contributed by atoms with van der Waals surface area (Å²) < 4.78 is 1.18. The Morgan fingerprint density at radius 3 is 2.59 bits per heavy atom. The molecule has 17 heavy (non-hydrogen) atoms. The van der Waals surface area contributed by atoms with Crippen LogP contribution in [0.4, 0.5) is 0 Å². The van der Waals surface area contributed by atoms with Gasteiger partial charge in [-0.3, -0.25) is 0 Å². The van der Waals surface area contributed by atoms with Crippen molar-refractivity contribution in [2.45, 2.75) is 44.9 Å². The lowest BCUT2D eigenvalue weighted by atomic mass is 9.89. The van der Waals surface area contributed by atoms with Crippen LogP contribution in [-0.4, -0.2) is 0 Å². The summed E-state index contributed by atoms with van der Waals surface area (Å²) in [6, 6.07) is 8.78. The fourth-order valence-corrected chi connectivity index (χ4v) is 2.81. The Bertz CT molecular complexity index is 350. The van der Waals surface area contributed by atoms with Gasteiger partial charge in [0, 0.05) is 4.47 Å². The summed E-state index contributed by atoms with van der Waals surface area (Å²) in [5.74, 6) is 0.934. The molecule has 2 rings (SSSR count). The van der Waals surface area contributed by atoms with E-state index < -0.39 is 0 Å². The molecule has 0 radical (unpaired) electrons. The lowest BCUT2D eigenvalue weighted by Gasteiger charge is -2.17. The van der Waals surface area contributed by atoms with E-state index in [1.54, 1.807) is 0 Å². The number of rotatable bonds is 3. The van der Waals surface area contributed by atoms with E-state index in [0.29, 0.717) is 0 Å². The molecular formula is C16H21Br. The van der Waals surface area contributed by atoms with Gasteiger partial charge >= 0.3 is 0 Å². The van der Waals surface area contributed by atoms with Crippen LogP contribution in [0, 0.1) is 5.92 Å². The fourth-order valence-electron chi connectivity index (χ4n) is 2.55. The molecule has 0 spiro atoms. The first-order chi connectivity index (χ1) is 8.34. The van der Waals surface area contributed by atoms with Gasteiger partial charge < -0.3 is 0 Å². The van der Waals surface area contributed by atoms with Gasteiger partial charge in [-0.2, -0.15) is 0 Å². The summed E-state index contributed by atoms with van der Waals surface area (Å²) >= 11 is 3.48. The zero-order valence-electron chi connectivity index (χ0n) is 10.4. The normalized spacial score (nSPS) is 22.8. The van der Waals surface area contributed by atoms with E-state index in [0.717, 1.165) is 5.92 Å². The molecule has 1 aromatic carbocycles. The molecule has 0 nitrogen and oxygen atoms in total. The number of hydrogen-bond acceptors (Lipinski definition) is 0. The first kappa shape index (κ1) is 12.9. The maximum atomic E-state index is 3.48. The van der Waals surface area contributed by atoms with Gasteiger partial charge in [0.2, 0.25) is 0 Å². The molecular weight excluding hydrogens is 272 g/mol. The van der Waals surface area contributed by atoms with Crippen molar-refractivity contribution in [3.63, 3.8) is 0 Å². The molecule has 1 aliphatic rings. The van der Waals surface area contributed by atoms with Gasteiger partial charge in [0.1, 0.15) is 0 Å². The van der Waals surface area contributed by atoms with Crippen LogP contribution < -0.4 is 0 Å². The third kappa shape index (κ3) is 4.67. The van der Waals surface area contributed by atoms with Crippen LogP contribution in [0.3, 0.4) is 0 Å². The van der Waals surface area contributed by atoms with E-state index in [4.69, 9.17) is 0 Å². The molecule has 0 aliphatic heterocycles. The second kappa shape index (κ2) is 7.00. The first-order valence-corrected chi connectivity index (χ1v) is 7.53. The van der Waals surface area contributed by atoms with E-state index >= 15 is 0 Å². The molecule has 0 saturated heterocycles. The van der Waals surface area contributed by atoms with E-state index in [2.05, 4.69) is 52.3 Å². The van der Waals surface area contributed by atoms with Crippen molar-refractivity contribution in [3.8, 4) is 0 Å². The molecule has 0 N–H and O–H groups in total. The highest BCUT2D eigenvalue weighted by Crippen LogP contribution is 2.24. The largest absolute Gasteiger partial charge is 0.0885 e. The number of allylic oxidation sites excluding steroid dienone is 2. The monoisotopic (exact) mass is 292 g/mol. The molecule has 0 fully saturated rings. The number of benzene rings is 1. The molecule has 0 bridgehead atoms. The van der Waals surface area contributed by atoms with Crippen molar-refractivity contribution in [1.82, 2.24) is 0 Å². The van der Waals surface area contributed by atoms with Gasteiger partial charge in [0.05, 0.1) is 0 Å². The summed E-state index contributed by atoms with van der Waals surface area (Å²) in [6.07, 6.45) is 14.1. The summed E-state index contributed by atoms with van der Waals surface area (Å²) in [7, 11) is 0. The van der Waals surface area contributed by atoms with E-state index in [9.17, 15) is 0 Å². The highest BCUT2D eigenvalue weighted by molar-refractivity contribution is 9.10. The van der Waals surface area contributed by atoms with E-state index in [-0.39, 0.29) is 0 Å². The van der Waals surface area contributed by atoms with Crippen molar-refractivity contribution in [2.24, 2.45) is 5.92 Å². The molecule has 1 heteroatoms. The third-order valence-electron chi connectivity index (χ3n) is 3.65. The lowest BCUT2D eigenvalue weighted by molar-refractivity contribution is 0.407. The van der Waals surface area contributed by atoms with Crippen LogP contribution >= 0.6 is 15.9 Å². The molecule has 1 atom stereocenters. The number of halogens is 1. The maximum absolute atomic E-state index is 3.48. The molecule has 0 heterocycles. The van der Waals surface area contributed by atoms with Crippen LogP contribution in [0.25, 0.3) is 0 Å². The minimum atomic E-state index is 0.934. The zero-order valence-corrected chi connectivity index (χ0v) is 12.0. The summed E-state index contributed by atoms with van der Waals surface area (Å²) in [5.41, 5.74) is 1.48. The van der Waals surface area contributed by atoms with Crippen molar-refractivity contribution >= 4 is 15.9 Å². The van der Waals surface area contributed by atoms with Gasteiger partial charge in [-0.25, -0.2) is 0 Å². The minimum Gasteiger partial charge on any atom is -0.0885 e. The topological polar surface area (TPSA) is 0 Å². The van der Waals surface area contributed by atoms with Gasteiger partial charge in [-0.1, -0.05) is 46.6 Å². The molecule has 1 unspecified atom stereocenters. The quantitative estimate of drug-likeness (QED) is 0.644. The zero-order chi connectivity index (χ0) is 11.9. The van der Waals surface area contributed by atoms with E-state index in [1.165, 1.54) is 55.0 Å². The Morgan fingerprint density at radius 1 is 1.00 bits per heavy atom. The fraction of sp³-hybridized carbons (Fsp3) is 0.500. The summed E-state index contributed by atoms with van der Waals surface area (Å²) in [4.78, 5) is 0. The average Bonchev–Trinajstić information content (AvgIpc) is 2.30. The number of aryl methyl sites for hydroxylation is 1. The van der Waals surface area contributed by atoms with Gasteiger partial charge in [0.15, 0.2) is 0 Å². The van der Waals surface area contributed by atoms with Crippen LogP contribution in [0.1, 0.15) is 44.1 Å². The Kier molecular flexibility index (Phi) is 5.31. The summed E-state index contributed by atoms with van der Waals surface area (Å²) in [6.45, 7) is 0. The Morgan fingerprint density at radius 2 is 1.76 bits per heavy atom. The standard InChI is InChI=1S/C16H21Br/c17-16-12-10-15(11-13-16)9-8-14-6-4-2-1-3-5-7-14/h1-2,10-14H,3-9H2/b2-1-. The van der Waals surface area contributed by atoms with Gasteiger partial charge in [0.25, 0.3) is 0 Å². The van der Waals surface area contributed by atoms with Crippen LogP contribution in [-0.2, 0) is 6.42 Å². The Hall–Kier alpha value is -0.560. The highest BCUT2D eigenvalue weighted by Gasteiger charge is 2.09. The predicted molar refractivity (Wildman–Crippen MR) is 78.2 cm³/mol. The minimum absolute atomic E-state index is 0.934. The molecule has 1 aromatic rings. The molecule has 92 valence electrons. The number of hydrogen-bond donors (Lipinski definition) is 0. The van der Waals surface area contributed by atoms with Crippen molar-refractivity contribution < 1.29 is 0 Å². The smallest absolute Gasteiger partial charge is 0.0175 e. The van der Waals surface area contributed by atoms with Crippen molar-refractivity contribution in [3.05, 3.63) is 46.5 Å². The molecule has 0 amide bonds. The lowest BCUT2D eigenvalue weighted by Crippen LogP contribution is -2.03. The first-order valence-electron chi connectivity index (χ1n) is 6.74. The second-order valence-electron chi connectivity index (χ2n) is 5.01. The van der Waals surface area contributed by atoms with E-state index in [1.807, 2.05) is 0 Å². The average molecular weight is 293 g/mol. The predicted octanol–water partition coefficient (Wildman–Crippen LogP) is 5.52. The Labute approximate surface area is 113 Å². The molecule has 0 saturated carbocycles. The second-order valence-corrected chi connectivity index (χ2v) is 5.93.